The van der Waals surface area contributed by atoms with Crippen LogP contribution in [-0.4, -0.2) is 33.8 Å². The van der Waals surface area contributed by atoms with Crippen molar-refractivity contribution in [3.05, 3.63) is 53.6 Å². The molecule has 1 N–H and O–H groups in total. The Morgan fingerprint density at radius 3 is 2.36 bits per heavy atom. The third-order valence-corrected chi connectivity index (χ3v) is 3.96. The Kier molecular flexibility index (Phi) is 7.14. The predicted octanol–water partition coefficient (Wildman–Crippen LogP) is 3.00. The molecule has 25 heavy (non-hydrogen) atoms. The number of nitrogens with one attached hydrogen (secondary N) is 1. The average Bonchev–Trinajstić information content (AvgIpc) is 2.66. The molecular formula is C20H25NO4. The van der Waals surface area contributed by atoms with Crippen molar-refractivity contribution in [3.8, 4) is 17.2 Å². The highest BCUT2D eigenvalue weighted by atomic mass is 16.5. The van der Waals surface area contributed by atoms with E-state index in [9.17, 15) is 4.79 Å². The fourth-order valence-electron chi connectivity index (χ4n) is 2.56. The quantitative estimate of drug-likeness (QED) is 0.760. The molecule has 2 rings (SSSR count). The lowest BCUT2D eigenvalue weighted by atomic mass is 10.1. The van der Waals surface area contributed by atoms with E-state index < -0.39 is 0 Å². The highest BCUT2D eigenvalue weighted by Crippen LogP contribution is 2.27. The van der Waals surface area contributed by atoms with Crippen molar-refractivity contribution in [2.24, 2.45) is 0 Å². The number of hydrogen-bond donors (Lipinski definition) is 1. The first kappa shape index (κ1) is 18.6. The number of rotatable bonds is 9. The standard InChI is InChI=1S/C20H25NO4/c1-23-17-6-4-5-15(13-17)11-12-21-20(22)10-8-16-7-9-18(24-2)19(14-16)25-3/h4-7,9,13-14H,8,10-12H2,1-3H3,(H,21,22). The molecule has 0 unspecified atom stereocenters. The van der Waals surface area contributed by atoms with E-state index >= 15 is 0 Å². The van der Waals surface area contributed by atoms with Crippen LogP contribution in [0.1, 0.15) is 17.5 Å². The number of hydrogen-bond acceptors (Lipinski definition) is 4. The zero-order chi connectivity index (χ0) is 18.1. The Bertz CT molecular complexity index is 700. The van der Waals surface area contributed by atoms with Crippen molar-refractivity contribution >= 4 is 5.91 Å². The smallest absolute Gasteiger partial charge is 0.220 e. The number of amides is 1. The molecule has 0 aliphatic heterocycles. The molecule has 1 amide bonds. The minimum Gasteiger partial charge on any atom is -0.497 e. The molecule has 0 bridgehead atoms. The second-order valence-electron chi connectivity index (χ2n) is 5.64. The van der Waals surface area contributed by atoms with Gasteiger partial charge in [-0.05, 0) is 48.2 Å². The highest BCUT2D eigenvalue weighted by Gasteiger charge is 2.07. The van der Waals surface area contributed by atoms with E-state index in [1.807, 2.05) is 42.5 Å². The molecule has 134 valence electrons. The maximum Gasteiger partial charge on any atom is 0.220 e. The summed E-state index contributed by atoms with van der Waals surface area (Å²) in [5.41, 5.74) is 2.18. The third-order valence-electron chi connectivity index (χ3n) is 3.96. The van der Waals surface area contributed by atoms with Gasteiger partial charge in [0, 0.05) is 13.0 Å². The van der Waals surface area contributed by atoms with E-state index in [0.29, 0.717) is 30.9 Å². The third kappa shape index (κ3) is 5.71. The molecule has 0 aliphatic rings. The molecule has 2 aromatic carbocycles. The largest absolute Gasteiger partial charge is 0.497 e. The summed E-state index contributed by atoms with van der Waals surface area (Å²) >= 11 is 0. The number of methoxy groups -OCH3 is 3. The van der Waals surface area contributed by atoms with Crippen LogP contribution in [0, 0.1) is 0 Å². The van der Waals surface area contributed by atoms with Crippen molar-refractivity contribution in [3.63, 3.8) is 0 Å². The Morgan fingerprint density at radius 1 is 0.880 bits per heavy atom. The van der Waals surface area contributed by atoms with E-state index in [1.54, 1.807) is 21.3 Å². The minimum absolute atomic E-state index is 0.0395. The number of carbonyl (C=O) groups excluding carboxylic acids is 1. The molecular weight excluding hydrogens is 318 g/mol. The van der Waals surface area contributed by atoms with Crippen molar-refractivity contribution < 1.29 is 19.0 Å². The molecule has 0 radical (unpaired) electrons. The molecule has 2 aromatic rings. The molecule has 0 aliphatic carbocycles. The van der Waals surface area contributed by atoms with E-state index in [-0.39, 0.29) is 5.91 Å². The van der Waals surface area contributed by atoms with Crippen molar-refractivity contribution in [1.82, 2.24) is 5.32 Å². The van der Waals surface area contributed by atoms with E-state index in [1.165, 1.54) is 0 Å². The van der Waals surface area contributed by atoms with Crippen LogP contribution in [0.4, 0.5) is 0 Å². The number of aryl methyl sites for hydroxylation is 1. The van der Waals surface area contributed by atoms with Crippen LogP contribution in [0.2, 0.25) is 0 Å². The van der Waals surface area contributed by atoms with Gasteiger partial charge in [0.2, 0.25) is 5.91 Å². The SMILES string of the molecule is COc1cccc(CCNC(=O)CCc2ccc(OC)c(OC)c2)c1. The van der Waals surface area contributed by atoms with Gasteiger partial charge in [0.1, 0.15) is 5.75 Å². The second-order valence-corrected chi connectivity index (χ2v) is 5.64. The van der Waals surface area contributed by atoms with Gasteiger partial charge >= 0.3 is 0 Å². The summed E-state index contributed by atoms with van der Waals surface area (Å²) in [6.07, 6.45) is 1.87. The van der Waals surface area contributed by atoms with Crippen LogP contribution >= 0.6 is 0 Å². The highest BCUT2D eigenvalue weighted by molar-refractivity contribution is 5.76. The summed E-state index contributed by atoms with van der Waals surface area (Å²) < 4.78 is 15.7. The van der Waals surface area contributed by atoms with Crippen LogP contribution in [0.5, 0.6) is 17.2 Å². The molecule has 0 heterocycles. The van der Waals surface area contributed by atoms with Gasteiger partial charge in [-0.2, -0.15) is 0 Å². The van der Waals surface area contributed by atoms with Crippen molar-refractivity contribution in [2.75, 3.05) is 27.9 Å². The Balaban J connectivity index is 1.77. The Labute approximate surface area is 148 Å². The fourth-order valence-corrected chi connectivity index (χ4v) is 2.56. The van der Waals surface area contributed by atoms with Gasteiger partial charge < -0.3 is 19.5 Å². The van der Waals surface area contributed by atoms with Gasteiger partial charge in [0.25, 0.3) is 0 Å². The lowest BCUT2D eigenvalue weighted by Gasteiger charge is -2.10. The number of benzene rings is 2. The number of carbonyl (C=O) groups is 1. The van der Waals surface area contributed by atoms with Crippen LogP contribution in [0.15, 0.2) is 42.5 Å². The average molecular weight is 343 g/mol. The Morgan fingerprint density at radius 2 is 1.64 bits per heavy atom. The summed E-state index contributed by atoms with van der Waals surface area (Å²) in [6, 6.07) is 13.6. The van der Waals surface area contributed by atoms with Gasteiger partial charge in [-0.15, -0.1) is 0 Å². The number of ether oxygens (including phenoxy) is 3. The maximum absolute atomic E-state index is 12.0. The van der Waals surface area contributed by atoms with Gasteiger partial charge in [-0.25, -0.2) is 0 Å². The van der Waals surface area contributed by atoms with Crippen LogP contribution in [0.25, 0.3) is 0 Å². The molecule has 0 fully saturated rings. The summed E-state index contributed by atoms with van der Waals surface area (Å²) in [5.74, 6) is 2.24. The van der Waals surface area contributed by atoms with Gasteiger partial charge in [-0.3, -0.25) is 4.79 Å². The van der Waals surface area contributed by atoms with E-state index in [4.69, 9.17) is 14.2 Å². The summed E-state index contributed by atoms with van der Waals surface area (Å²) in [5, 5.41) is 2.95. The second kappa shape index (κ2) is 9.57. The van der Waals surface area contributed by atoms with Crippen molar-refractivity contribution in [1.29, 1.82) is 0 Å². The van der Waals surface area contributed by atoms with Crippen LogP contribution in [0.3, 0.4) is 0 Å². The molecule has 5 heteroatoms. The normalized spacial score (nSPS) is 10.2. The first-order valence-corrected chi connectivity index (χ1v) is 8.26. The van der Waals surface area contributed by atoms with Crippen LogP contribution < -0.4 is 19.5 Å². The molecule has 5 nitrogen and oxygen atoms in total. The summed E-state index contributed by atoms with van der Waals surface area (Å²) in [4.78, 5) is 12.0. The Hall–Kier alpha value is -2.69. The predicted molar refractivity (Wildman–Crippen MR) is 97.6 cm³/mol. The van der Waals surface area contributed by atoms with E-state index in [2.05, 4.69) is 5.32 Å². The lowest BCUT2D eigenvalue weighted by Crippen LogP contribution is -2.25. The van der Waals surface area contributed by atoms with Crippen LogP contribution in [-0.2, 0) is 17.6 Å². The molecule has 0 aromatic heterocycles. The van der Waals surface area contributed by atoms with Gasteiger partial charge in [-0.1, -0.05) is 18.2 Å². The molecule has 0 saturated heterocycles. The first-order valence-electron chi connectivity index (χ1n) is 8.26. The molecule has 0 saturated carbocycles. The van der Waals surface area contributed by atoms with Crippen molar-refractivity contribution in [2.45, 2.75) is 19.3 Å². The minimum atomic E-state index is 0.0395. The summed E-state index contributed by atoms with van der Waals surface area (Å²) in [6.45, 7) is 0.609. The van der Waals surface area contributed by atoms with Gasteiger partial charge in [0.15, 0.2) is 11.5 Å². The van der Waals surface area contributed by atoms with E-state index in [0.717, 1.165) is 23.3 Å². The van der Waals surface area contributed by atoms with Gasteiger partial charge in [0.05, 0.1) is 21.3 Å². The zero-order valence-corrected chi connectivity index (χ0v) is 15.0. The first-order chi connectivity index (χ1) is 12.2. The summed E-state index contributed by atoms with van der Waals surface area (Å²) in [7, 11) is 4.86. The fraction of sp³-hybridized carbons (Fsp3) is 0.350. The maximum atomic E-state index is 12.0. The monoisotopic (exact) mass is 343 g/mol. The lowest BCUT2D eigenvalue weighted by molar-refractivity contribution is -0.121. The topological polar surface area (TPSA) is 56.8 Å². The zero-order valence-electron chi connectivity index (χ0n) is 15.0. The molecule has 0 spiro atoms. The molecule has 0 atom stereocenters.